The van der Waals surface area contributed by atoms with Crippen molar-refractivity contribution in [2.75, 3.05) is 5.32 Å². The Hall–Kier alpha value is -0.710. The lowest BCUT2D eigenvalue weighted by atomic mass is 10.0. The van der Waals surface area contributed by atoms with Crippen LogP contribution in [-0.2, 0) is 0 Å². The van der Waals surface area contributed by atoms with Crippen molar-refractivity contribution in [1.29, 1.82) is 0 Å². The Labute approximate surface area is 125 Å². The average Bonchev–Trinajstić information content (AvgIpc) is 2.83. The predicted octanol–water partition coefficient (Wildman–Crippen LogP) is 5.58. The number of hydrogen-bond donors (Lipinski definition) is 1. The first kappa shape index (κ1) is 13.3. The number of hydrogen-bond acceptors (Lipinski definition) is 3. The maximum absolute atomic E-state index is 14.0. The summed E-state index contributed by atoms with van der Waals surface area (Å²) in [6.45, 7) is 2.20. The number of fused-ring (bicyclic) bond motifs is 1. The van der Waals surface area contributed by atoms with Crippen molar-refractivity contribution in [1.82, 2.24) is 0 Å². The van der Waals surface area contributed by atoms with Crippen LogP contribution in [0.25, 0.3) is 0 Å². The van der Waals surface area contributed by atoms with Crippen LogP contribution < -0.4 is 5.32 Å². The first-order valence-corrected chi connectivity index (χ1v) is 8.23. The zero-order valence-corrected chi connectivity index (χ0v) is 12.7. The zero-order chi connectivity index (χ0) is 13.4. The molecule has 1 N–H and O–H groups in total. The van der Waals surface area contributed by atoms with Crippen molar-refractivity contribution in [3.63, 3.8) is 0 Å². The Balaban J connectivity index is 1.90. The summed E-state index contributed by atoms with van der Waals surface area (Å²) in [5.41, 5.74) is 1.75. The van der Waals surface area contributed by atoms with Gasteiger partial charge < -0.3 is 5.32 Å². The Kier molecular flexibility index (Phi) is 3.74. The number of halogens is 2. The van der Waals surface area contributed by atoms with Crippen molar-refractivity contribution in [3.05, 3.63) is 46.0 Å². The lowest BCUT2D eigenvalue weighted by Gasteiger charge is -2.28. The second kappa shape index (κ2) is 5.35. The Morgan fingerprint density at radius 1 is 1.37 bits per heavy atom. The highest BCUT2D eigenvalue weighted by atomic mass is 35.5. The van der Waals surface area contributed by atoms with E-state index in [1.165, 1.54) is 9.77 Å². The largest absolute Gasteiger partial charge is 0.376 e. The van der Waals surface area contributed by atoms with E-state index >= 15 is 0 Å². The van der Waals surface area contributed by atoms with Crippen LogP contribution in [0, 0.1) is 5.82 Å². The van der Waals surface area contributed by atoms with Crippen LogP contribution >= 0.6 is 34.7 Å². The number of thiophene rings is 1. The number of rotatable bonds is 2. The fraction of sp³-hybridized carbons (Fsp3) is 0.286. The quantitative estimate of drug-likeness (QED) is 0.777. The minimum Gasteiger partial charge on any atom is -0.376 e. The molecule has 0 fully saturated rings. The maximum atomic E-state index is 14.0. The van der Waals surface area contributed by atoms with E-state index in [1.807, 2.05) is 11.8 Å². The minimum atomic E-state index is -0.369. The van der Waals surface area contributed by atoms with Gasteiger partial charge in [-0.1, -0.05) is 24.6 Å². The highest BCUT2D eigenvalue weighted by Crippen LogP contribution is 2.45. The highest BCUT2D eigenvalue weighted by molar-refractivity contribution is 8.01. The molecule has 2 atom stereocenters. The third-order valence-corrected chi connectivity index (χ3v) is 5.83. The van der Waals surface area contributed by atoms with Crippen LogP contribution in [0.15, 0.2) is 33.9 Å². The summed E-state index contributed by atoms with van der Waals surface area (Å²) in [6.07, 6.45) is 0.986. The second-order valence-electron chi connectivity index (χ2n) is 4.63. The van der Waals surface area contributed by atoms with E-state index in [0.717, 1.165) is 6.42 Å². The Morgan fingerprint density at radius 2 is 2.21 bits per heavy atom. The average molecular weight is 314 g/mol. The Bertz CT molecular complexity index is 599. The summed E-state index contributed by atoms with van der Waals surface area (Å²) in [4.78, 5) is 0. The predicted molar refractivity (Wildman–Crippen MR) is 82.0 cm³/mol. The lowest BCUT2D eigenvalue weighted by Crippen LogP contribution is -2.19. The molecule has 0 saturated carbocycles. The van der Waals surface area contributed by atoms with E-state index in [-0.39, 0.29) is 16.9 Å². The smallest absolute Gasteiger partial charge is 0.164 e. The molecule has 1 unspecified atom stereocenters. The molecule has 1 nitrogen and oxygen atoms in total. The summed E-state index contributed by atoms with van der Waals surface area (Å²) >= 11 is 9.48. The van der Waals surface area contributed by atoms with Gasteiger partial charge in [-0.25, -0.2) is 4.39 Å². The normalized spacial score (nSPS) is 22.1. The van der Waals surface area contributed by atoms with Gasteiger partial charge in [-0.05, 0) is 35.6 Å². The highest BCUT2D eigenvalue weighted by Gasteiger charge is 2.26. The number of thioether (sulfide) groups is 1. The van der Waals surface area contributed by atoms with Gasteiger partial charge in [0, 0.05) is 5.25 Å². The van der Waals surface area contributed by atoms with E-state index in [0.29, 0.717) is 10.9 Å². The van der Waals surface area contributed by atoms with E-state index < -0.39 is 0 Å². The summed E-state index contributed by atoms with van der Waals surface area (Å²) < 4.78 is 15.3. The van der Waals surface area contributed by atoms with Gasteiger partial charge in [-0.15, -0.1) is 23.1 Å². The van der Waals surface area contributed by atoms with E-state index in [9.17, 15) is 4.39 Å². The molecule has 1 aromatic carbocycles. The van der Waals surface area contributed by atoms with Crippen molar-refractivity contribution in [3.8, 4) is 0 Å². The standard InChI is InChI=1S/C14H13ClFNS2/c1-8-7-12(9-5-6-18-14(9)19-8)17-11-4-2-3-10(15)13(11)16/h2-6,8,12,17H,7H2,1H3/t8-,12?/m0/s1. The summed E-state index contributed by atoms with van der Waals surface area (Å²) in [5.74, 6) is -0.369. The lowest BCUT2D eigenvalue weighted by molar-refractivity contribution is 0.616. The fourth-order valence-corrected chi connectivity index (χ4v) is 5.03. The topological polar surface area (TPSA) is 12.0 Å². The molecule has 2 heterocycles. The first-order chi connectivity index (χ1) is 9.15. The van der Waals surface area contributed by atoms with E-state index in [2.05, 4.69) is 23.7 Å². The molecule has 2 aromatic rings. The molecule has 5 heteroatoms. The van der Waals surface area contributed by atoms with Gasteiger partial charge in [0.1, 0.15) is 0 Å². The molecule has 1 aliphatic rings. The monoisotopic (exact) mass is 313 g/mol. The molecular formula is C14H13ClFNS2. The third-order valence-electron chi connectivity index (χ3n) is 3.19. The molecule has 19 heavy (non-hydrogen) atoms. The van der Waals surface area contributed by atoms with E-state index in [1.54, 1.807) is 29.5 Å². The van der Waals surface area contributed by atoms with Crippen LogP contribution in [0.3, 0.4) is 0 Å². The van der Waals surface area contributed by atoms with Gasteiger partial charge in [-0.3, -0.25) is 0 Å². The van der Waals surface area contributed by atoms with Gasteiger partial charge in [0.05, 0.1) is 21.0 Å². The van der Waals surface area contributed by atoms with Gasteiger partial charge in [0.15, 0.2) is 5.82 Å². The molecule has 0 amide bonds. The van der Waals surface area contributed by atoms with Gasteiger partial charge >= 0.3 is 0 Å². The minimum absolute atomic E-state index is 0.158. The van der Waals surface area contributed by atoms with Crippen molar-refractivity contribution in [2.24, 2.45) is 0 Å². The van der Waals surface area contributed by atoms with Crippen LogP contribution in [0.1, 0.15) is 24.9 Å². The molecule has 1 aliphatic heterocycles. The Morgan fingerprint density at radius 3 is 3.05 bits per heavy atom. The SMILES string of the molecule is C[C@H]1CC(Nc2cccc(Cl)c2F)c2ccsc2S1. The molecule has 1 aromatic heterocycles. The summed E-state index contributed by atoms with van der Waals surface area (Å²) in [6, 6.07) is 7.35. The fourth-order valence-electron chi connectivity index (χ4n) is 2.29. The van der Waals surface area contributed by atoms with E-state index in [4.69, 9.17) is 11.6 Å². The number of benzene rings is 1. The molecule has 0 aliphatic carbocycles. The van der Waals surface area contributed by atoms with Crippen LogP contribution in [0.2, 0.25) is 5.02 Å². The van der Waals surface area contributed by atoms with Crippen molar-refractivity contribution >= 4 is 40.4 Å². The molecule has 0 saturated heterocycles. The van der Waals surface area contributed by atoms with Crippen molar-refractivity contribution in [2.45, 2.75) is 28.8 Å². The maximum Gasteiger partial charge on any atom is 0.164 e. The van der Waals surface area contributed by atoms with Crippen LogP contribution in [0.5, 0.6) is 0 Å². The number of anilines is 1. The molecule has 0 radical (unpaired) electrons. The summed E-state index contributed by atoms with van der Waals surface area (Å²) in [7, 11) is 0. The van der Waals surface area contributed by atoms with Crippen LogP contribution in [-0.4, -0.2) is 5.25 Å². The first-order valence-electron chi connectivity index (χ1n) is 6.09. The molecule has 100 valence electrons. The number of nitrogens with one attached hydrogen (secondary N) is 1. The third kappa shape index (κ3) is 2.62. The van der Waals surface area contributed by atoms with Crippen LogP contribution in [0.4, 0.5) is 10.1 Å². The molecule has 3 rings (SSSR count). The van der Waals surface area contributed by atoms with Gasteiger partial charge in [0.2, 0.25) is 0 Å². The summed E-state index contributed by atoms with van der Waals surface area (Å²) in [5, 5.41) is 6.09. The van der Waals surface area contributed by atoms with Gasteiger partial charge in [0.25, 0.3) is 0 Å². The van der Waals surface area contributed by atoms with Gasteiger partial charge in [-0.2, -0.15) is 0 Å². The van der Waals surface area contributed by atoms with Crippen molar-refractivity contribution < 1.29 is 4.39 Å². The molecule has 0 spiro atoms. The second-order valence-corrected chi connectivity index (χ2v) is 7.66. The molecular weight excluding hydrogens is 301 g/mol. The molecule has 0 bridgehead atoms. The zero-order valence-electron chi connectivity index (χ0n) is 10.3.